The first-order valence-electron chi connectivity index (χ1n) is 8.21. The van der Waals surface area contributed by atoms with E-state index in [4.69, 9.17) is 4.74 Å². The standard InChI is InChI=1S/C18H28N2O3/c1-18(2,3)23-17(22)20-9-8-14(12-20)16(11-19-4)13-6-5-7-15(21)10-13/h5-7,10,14,16,19,21H,8-9,11-12H2,1-4H3. The number of aromatic hydroxyl groups is 1. The van der Waals surface area contributed by atoms with Gasteiger partial charge in [0.1, 0.15) is 11.4 Å². The summed E-state index contributed by atoms with van der Waals surface area (Å²) >= 11 is 0. The minimum absolute atomic E-state index is 0.237. The Labute approximate surface area is 138 Å². The molecule has 1 aliphatic rings. The number of rotatable bonds is 4. The maximum absolute atomic E-state index is 12.2. The molecule has 1 aromatic carbocycles. The molecule has 1 amide bonds. The van der Waals surface area contributed by atoms with E-state index < -0.39 is 5.60 Å². The van der Waals surface area contributed by atoms with Gasteiger partial charge in [-0.15, -0.1) is 0 Å². The highest BCUT2D eigenvalue weighted by Crippen LogP contribution is 2.33. The quantitative estimate of drug-likeness (QED) is 0.895. The molecule has 2 unspecified atom stereocenters. The number of nitrogens with one attached hydrogen (secondary N) is 1. The van der Waals surface area contributed by atoms with Crippen LogP contribution in [0.15, 0.2) is 24.3 Å². The summed E-state index contributed by atoms with van der Waals surface area (Å²) < 4.78 is 5.47. The molecule has 128 valence electrons. The first-order chi connectivity index (χ1) is 10.8. The monoisotopic (exact) mass is 320 g/mol. The Bertz CT molecular complexity index is 539. The minimum Gasteiger partial charge on any atom is -0.508 e. The summed E-state index contributed by atoms with van der Waals surface area (Å²) in [7, 11) is 1.93. The van der Waals surface area contributed by atoms with Gasteiger partial charge in [0.05, 0.1) is 0 Å². The van der Waals surface area contributed by atoms with Gasteiger partial charge in [-0.05, 0) is 57.9 Å². The van der Waals surface area contributed by atoms with Crippen molar-refractivity contribution in [3.63, 3.8) is 0 Å². The molecule has 2 rings (SSSR count). The average Bonchev–Trinajstić information content (AvgIpc) is 2.92. The molecule has 0 aromatic heterocycles. The molecule has 2 N–H and O–H groups in total. The summed E-state index contributed by atoms with van der Waals surface area (Å²) in [4.78, 5) is 14.0. The van der Waals surface area contributed by atoms with Crippen molar-refractivity contribution in [2.75, 3.05) is 26.7 Å². The van der Waals surface area contributed by atoms with Gasteiger partial charge >= 0.3 is 6.09 Å². The molecule has 1 aromatic rings. The lowest BCUT2D eigenvalue weighted by molar-refractivity contribution is 0.0286. The van der Waals surface area contributed by atoms with E-state index in [1.54, 1.807) is 11.0 Å². The number of hydrogen-bond donors (Lipinski definition) is 2. The molecular formula is C18H28N2O3. The maximum atomic E-state index is 12.2. The van der Waals surface area contributed by atoms with Gasteiger partial charge in [0.2, 0.25) is 0 Å². The third-order valence-electron chi connectivity index (χ3n) is 4.17. The Balaban J connectivity index is 2.06. The molecule has 1 saturated heterocycles. The lowest BCUT2D eigenvalue weighted by Gasteiger charge is -2.26. The normalized spacial score (nSPS) is 19.7. The van der Waals surface area contributed by atoms with Crippen molar-refractivity contribution in [2.24, 2.45) is 5.92 Å². The van der Waals surface area contributed by atoms with Crippen LogP contribution in [0.2, 0.25) is 0 Å². The SMILES string of the molecule is CNCC(c1cccc(O)c1)C1CCN(C(=O)OC(C)(C)C)C1. The van der Waals surface area contributed by atoms with Gasteiger partial charge in [-0.25, -0.2) is 4.79 Å². The van der Waals surface area contributed by atoms with E-state index >= 15 is 0 Å². The highest BCUT2D eigenvalue weighted by Gasteiger charge is 2.34. The van der Waals surface area contributed by atoms with Crippen LogP contribution in [-0.4, -0.2) is 48.4 Å². The van der Waals surface area contributed by atoms with Crippen molar-refractivity contribution in [1.82, 2.24) is 10.2 Å². The smallest absolute Gasteiger partial charge is 0.410 e. The number of phenols is 1. The second-order valence-corrected chi connectivity index (χ2v) is 7.23. The topological polar surface area (TPSA) is 61.8 Å². The number of likely N-dealkylation sites (tertiary alicyclic amines) is 1. The number of phenolic OH excluding ortho intramolecular Hbond substituents is 1. The van der Waals surface area contributed by atoms with Gasteiger partial charge in [-0.1, -0.05) is 12.1 Å². The Morgan fingerprint density at radius 2 is 2.22 bits per heavy atom. The highest BCUT2D eigenvalue weighted by atomic mass is 16.6. The molecule has 5 nitrogen and oxygen atoms in total. The lowest BCUT2D eigenvalue weighted by Crippen LogP contribution is -2.36. The Morgan fingerprint density at radius 3 is 2.83 bits per heavy atom. The van der Waals surface area contributed by atoms with Crippen LogP contribution < -0.4 is 5.32 Å². The first-order valence-corrected chi connectivity index (χ1v) is 8.21. The van der Waals surface area contributed by atoms with Gasteiger partial charge in [0.25, 0.3) is 0 Å². The fourth-order valence-corrected chi connectivity index (χ4v) is 3.14. The van der Waals surface area contributed by atoms with Crippen LogP contribution in [0.4, 0.5) is 4.79 Å². The van der Waals surface area contributed by atoms with E-state index in [0.29, 0.717) is 12.5 Å². The Morgan fingerprint density at radius 1 is 1.48 bits per heavy atom. The molecule has 0 radical (unpaired) electrons. The number of hydrogen-bond acceptors (Lipinski definition) is 4. The third kappa shape index (κ3) is 4.86. The number of carbonyl (C=O) groups excluding carboxylic acids is 1. The van der Waals surface area contributed by atoms with Crippen LogP contribution >= 0.6 is 0 Å². The van der Waals surface area contributed by atoms with Gasteiger partial charge < -0.3 is 20.1 Å². The molecule has 2 atom stereocenters. The fourth-order valence-electron chi connectivity index (χ4n) is 3.14. The van der Waals surface area contributed by atoms with Crippen molar-refractivity contribution >= 4 is 6.09 Å². The number of carbonyl (C=O) groups is 1. The van der Waals surface area contributed by atoms with E-state index in [1.165, 1.54) is 0 Å². The van der Waals surface area contributed by atoms with E-state index in [0.717, 1.165) is 25.1 Å². The second kappa shape index (κ2) is 7.21. The van der Waals surface area contributed by atoms with Crippen molar-refractivity contribution in [3.05, 3.63) is 29.8 Å². The van der Waals surface area contributed by atoms with Gasteiger partial charge in [0, 0.05) is 25.6 Å². The summed E-state index contributed by atoms with van der Waals surface area (Å²) in [6, 6.07) is 7.41. The second-order valence-electron chi connectivity index (χ2n) is 7.23. The number of likely N-dealkylation sites (N-methyl/N-ethyl adjacent to an activating group) is 1. The van der Waals surface area contributed by atoms with Gasteiger partial charge in [-0.2, -0.15) is 0 Å². The predicted molar refractivity (Wildman–Crippen MR) is 90.7 cm³/mol. The zero-order valence-electron chi connectivity index (χ0n) is 14.5. The predicted octanol–water partition coefficient (Wildman–Crippen LogP) is 2.95. The molecule has 0 bridgehead atoms. The van der Waals surface area contributed by atoms with E-state index in [1.807, 2.05) is 46.0 Å². The lowest BCUT2D eigenvalue weighted by atomic mass is 9.85. The molecule has 0 saturated carbocycles. The first kappa shape index (κ1) is 17.6. The van der Waals surface area contributed by atoms with Crippen LogP contribution in [-0.2, 0) is 4.74 Å². The van der Waals surface area contributed by atoms with Gasteiger partial charge in [0.15, 0.2) is 0 Å². The summed E-state index contributed by atoms with van der Waals surface area (Å²) in [6.07, 6.45) is 0.709. The minimum atomic E-state index is -0.467. The highest BCUT2D eigenvalue weighted by molar-refractivity contribution is 5.68. The van der Waals surface area contributed by atoms with Crippen LogP contribution in [0.1, 0.15) is 38.7 Å². The summed E-state index contributed by atoms with van der Waals surface area (Å²) in [5, 5.41) is 13.0. The zero-order chi connectivity index (χ0) is 17.0. The van der Waals surface area contributed by atoms with Crippen LogP contribution in [0.25, 0.3) is 0 Å². The molecule has 0 spiro atoms. The number of amides is 1. The number of benzene rings is 1. The third-order valence-corrected chi connectivity index (χ3v) is 4.17. The van der Waals surface area contributed by atoms with E-state index in [2.05, 4.69) is 5.32 Å². The summed E-state index contributed by atoms with van der Waals surface area (Å²) in [6.45, 7) is 7.88. The molecule has 0 aliphatic carbocycles. The molecule has 1 fully saturated rings. The maximum Gasteiger partial charge on any atom is 0.410 e. The number of nitrogens with zero attached hydrogens (tertiary/aromatic N) is 1. The molecule has 5 heteroatoms. The average molecular weight is 320 g/mol. The summed E-state index contributed by atoms with van der Waals surface area (Å²) in [5.41, 5.74) is 0.639. The molecule has 1 aliphatic heterocycles. The summed E-state index contributed by atoms with van der Waals surface area (Å²) in [5.74, 6) is 0.905. The van der Waals surface area contributed by atoms with Crippen molar-refractivity contribution < 1.29 is 14.6 Å². The Hall–Kier alpha value is -1.75. The van der Waals surface area contributed by atoms with Crippen molar-refractivity contribution in [3.8, 4) is 5.75 Å². The number of ether oxygens (including phenoxy) is 1. The van der Waals surface area contributed by atoms with Crippen LogP contribution in [0.5, 0.6) is 5.75 Å². The van der Waals surface area contributed by atoms with Crippen molar-refractivity contribution in [2.45, 2.75) is 38.7 Å². The van der Waals surface area contributed by atoms with E-state index in [-0.39, 0.29) is 17.8 Å². The van der Waals surface area contributed by atoms with Gasteiger partial charge in [-0.3, -0.25) is 0 Å². The molecule has 1 heterocycles. The van der Waals surface area contributed by atoms with E-state index in [9.17, 15) is 9.90 Å². The molecular weight excluding hydrogens is 292 g/mol. The largest absolute Gasteiger partial charge is 0.508 e. The van der Waals surface area contributed by atoms with Crippen molar-refractivity contribution in [1.29, 1.82) is 0 Å². The van der Waals surface area contributed by atoms with Crippen LogP contribution in [0, 0.1) is 5.92 Å². The van der Waals surface area contributed by atoms with Crippen LogP contribution in [0.3, 0.4) is 0 Å². The molecule has 23 heavy (non-hydrogen) atoms. The zero-order valence-corrected chi connectivity index (χ0v) is 14.5. The Kier molecular flexibility index (Phi) is 5.52. The fraction of sp³-hybridized carbons (Fsp3) is 0.611.